The largest absolute Gasteiger partial charge is 0.417 e. The van der Waals surface area contributed by atoms with Crippen molar-refractivity contribution in [2.45, 2.75) is 79.7 Å². The number of likely N-dealkylation sites (tertiary alicyclic amines) is 1. The van der Waals surface area contributed by atoms with Gasteiger partial charge in [-0.2, -0.15) is 45.5 Å². The van der Waals surface area contributed by atoms with E-state index in [-0.39, 0.29) is 24.0 Å². The summed E-state index contributed by atoms with van der Waals surface area (Å²) in [7, 11) is -5.06. The van der Waals surface area contributed by atoms with Gasteiger partial charge in [0.05, 0.1) is 28.0 Å². The number of carbonyl (C=O) groups excluding carboxylic acids is 2. The Morgan fingerprint density at radius 3 is 2.25 bits per heavy atom. The zero-order valence-corrected chi connectivity index (χ0v) is 23.6. The molecule has 2 atom stereocenters. The van der Waals surface area contributed by atoms with Crippen LogP contribution in [0.5, 0.6) is 0 Å². The van der Waals surface area contributed by atoms with E-state index in [1.807, 2.05) is 6.07 Å². The second-order valence-corrected chi connectivity index (χ2v) is 13.0. The number of halogens is 8. The van der Waals surface area contributed by atoms with Crippen molar-refractivity contribution < 1.29 is 53.1 Å². The number of nitriles is 1. The lowest BCUT2D eigenvalue weighted by Gasteiger charge is -2.29. The van der Waals surface area contributed by atoms with Crippen LogP contribution in [0.2, 0.25) is 0 Å². The van der Waals surface area contributed by atoms with E-state index in [9.17, 15) is 58.4 Å². The summed E-state index contributed by atoms with van der Waals surface area (Å²) < 4.78 is 136. The monoisotopic (exact) mass is 655 g/mol. The van der Waals surface area contributed by atoms with Gasteiger partial charge in [0.25, 0.3) is 0 Å². The Kier molecular flexibility index (Phi) is 8.52. The van der Waals surface area contributed by atoms with Gasteiger partial charge >= 0.3 is 18.9 Å². The molecule has 1 saturated heterocycles. The molecule has 0 aromatic heterocycles. The molecule has 1 aromatic rings. The van der Waals surface area contributed by atoms with Crippen LogP contribution in [0.15, 0.2) is 34.3 Å². The lowest BCUT2D eigenvalue weighted by atomic mass is 10.0. The van der Waals surface area contributed by atoms with Gasteiger partial charge in [0.15, 0.2) is 9.84 Å². The van der Waals surface area contributed by atoms with E-state index >= 15 is 0 Å². The van der Waals surface area contributed by atoms with Gasteiger partial charge in [-0.3, -0.25) is 15.0 Å². The number of allylic oxidation sites excluding steroid dienone is 2. The summed E-state index contributed by atoms with van der Waals surface area (Å²) in [5.74, 6) is -2.65. The van der Waals surface area contributed by atoms with Crippen LogP contribution in [0.3, 0.4) is 0 Å². The first-order chi connectivity index (χ1) is 20.3. The Labute approximate surface area is 245 Å². The van der Waals surface area contributed by atoms with E-state index in [1.54, 1.807) is 0 Å². The zero-order valence-electron chi connectivity index (χ0n) is 22.8. The summed E-state index contributed by atoms with van der Waals surface area (Å²) in [6.45, 7) is -2.70. The highest BCUT2D eigenvalue weighted by Gasteiger charge is 2.70. The predicted molar refractivity (Wildman–Crippen MR) is 137 cm³/mol. The summed E-state index contributed by atoms with van der Waals surface area (Å²) in [4.78, 5) is 25.5. The molecular formula is C26H25F8N5O4S. The summed E-state index contributed by atoms with van der Waals surface area (Å²) in [6, 6.07) is 2.05. The van der Waals surface area contributed by atoms with Crippen molar-refractivity contribution >= 4 is 33.4 Å². The van der Waals surface area contributed by atoms with E-state index < -0.39 is 99.1 Å². The van der Waals surface area contributed by atoms with Crippen LogP contribution in [0.4, 0.5) is 35.1 Å². The summed E-state index contributed by atoms with van der Waals surface area (Å²) in [6.07, 6.45) is -9.89. The lowest BCUT2D eigenvalue weighted by molar-refractivity contribution is -0.199. The molecule has 0 bridgehead atoms. The van der Waals surface area contributed by atoms with Gasteiger partial charge in [-0.15, -0.1) is 0 Å². The second-order valence-electron chi connectivity index (χ2n) is 10.8. The van der Waals surface area contributed by atoms with Gasteiger partial charge in [-0.25, -0.2) is 8.42 Å². The molecule has 0 unspecified atom stereocenters. The van der Waals surface area contributed by atoms with Crippen molar-refractivity contribution in [2.24, 2.45) is 10.5 Å². The van der Waals surface area contributed by atoms with Crippen molar-refractivity contribution in [1.29, 1.82) is 5.26 Å². The maximum atomic E-state index is 14.2. The average Bonchev–Trinajstić information content (AvgIpc) is 3.86. The highest BCUT2D eigenvalue weighted by Crippen LogP contribution is 2.59. The number of nitrogens with zero attached hydrogens (tertiary/aromatic N) is 3. The predicted octanol–water partition coefficient (Wildman–Crippen LogP) is 4.16. The van der Waals surface area contributed by atoms with Crippen molar-refractivity contribution in [3.05, 3.63) is 35.4 Å². The fourth-order valence-corrected chi connectivity index (χ4v) is 6.95. The molecule has 1 aliphatic heterocycles. The van der Waals surface area contributed by atoms with Crippen LogP contribution >= 0.6 is 0 Å². The van der Waals surface area contributed by atoms with Crippen molar-refractivity contribution in [2.75, 3.05) is 6.54 Å². The van der Waals surface area contributed by atoms with E-state index in [0.717, 1.165) is 12.3 Å². The summed E-state index contributed by atoms with van der Waals surface area (Å²) in [5, 5.41) is 12.9. The van der Waals surface area contributed by atoms with Gasteiger partial charge in [0.1, 0.15) is 17.0 Å². The van der Waals surface area contributed by atoms with Crippen molar-refractivity contribution in [1.82, 2.24) is 15.6 Å². The van der Waals surface area contributed by atoms with Crippen LogP contribution in [-0.4, -0.2) is 67.4 Å². The number of benzene rings is 1. The number of hydrogen-bond donors (Lipinski definition) is 2. The molecule has 9 nitrogen and oxygen atoms in total. The Hall–Kier alpha value is -3.75. The standard InChI is InChI=1S/C26H25F8N5O4S/c1-2-14(11-36-38-22(27)28)15-3-4-19(17(9-15)25(29,30)31)44(42,43)16-10-18(20(40)37-23(13-35)5-6-23)39(12-16)21(41)24(7-8-24)26(32,33)34/h2-4,9,11,16,18,22,38H,5-8,10,12H2,1H3,(H,37,40)/b14-2+,36-11-/t16-,18+/m1/s1. The van der Waals surface area contributed by atoms with Gasteiger partial charge < -0.3 is 10.2 Å². The Morgan fingerprint density at radius 2 is 1.77 bits per heavy atom. The fourth-order valence-electron chi connectivity index (χ4n) is 5.06. The number of carbonyl (C=O) groups is 2. The number of sulfone groups is 1. The third kappa shape index (κ3) is 6.24. The average molecular weight is 656 g/mol. The zero-order chi connectivity index (χ0) is 32.9. The Balaban J connectivity index is 1.72. The third-order valence-corrected chi connectivity index (χ3v) is 10.1. The minimum absolute atomic E-state index is 0.0876. The van der Waals surface area contributed by atoms with Crippen LogP contribution in [0, 0.1) is 16.7 Å². The van der Waals surface area contributed by atoms with Crippen LogP contribution in [0.25, 0.3) is 5.57 Å². The Morgan fingerprint density at radius 1 is 1.14 bits per heavy atom. The quantitative estimate of drug-likeness (QED) is 0.178. The van der Waals surface area contributed by atoms with Crippen LogP contribution < -0.4 is 10.7 Å². The second kappa shape index (κ2) is 11.3. The minimum atomic E-state index is -5.28. The first-order valence-electron chi connectivity index (χ1n) is 13.1. The van der Waals surface area contributed by atoms with E-state index in [2.05, 4.69) is 10.4 Å². The normalized spacial score (nSPS) is 23.0. The maximum Gasteiger partial charge on any atom is 0.417 e. The number of rotatable bonds is 9. The van der Waals surface area contributed by atoms with Crippen LogP contribution in [-0.2, 0) is 25.6 Å². The molecule has 44 heavy (non-hydrogen) atoms. The first kappa shape index (κ1) is 33.1. The molecule has 1 heterocycles. The SMILES string of the molecule is C/C=C(\C=N/NC(F)F)c1ccc(S(=O)(=O)[C@@H]2C[C@@H](C(=O)NC3(C#N)CC3)N(C(=O)C3(C(F)(F)F)CC3)C2)c(C(F)(F)F)c1. The molecule has 4 rings (SSSR count). The Bertz CT molecular complexity index is 1540. The molecule has 240 valence electrons. The number of hydrazone groups is 1. The molecule has 0 spiro atoms. The van der Waals surface area contributed by atoms with Gasteiger partial charge in [0, 0.05) is 6.54 Å². The molecule has 1 aromatic carbocycles. The number of amides is 2. The van der Waals surface area contributed by atoms with Crippen molar-refractivity contribution in [3.63, 3.8) is 0 Å². The molecule has 2 N–H and O–H groups in total. The molecule has 2 amide bonds. The molecule has 3 aliphatic rings. The van der Waals surface area contributed by atoms with Gasteiger partial charge in [-0.1, -0.05) is 12.1 Å². The topological polar surface area (TPSA) is 132 Å². The lowest BCUT2D eigenvalue weighted by Crippen LogP contribution is -2.53. The smallest absolute Gasteiger partial charge is 0.336 e. The highest BCUT2D eigenvalue weighted by molar-refractivity contribution is 7.92. The minimum Gasteiger partial charge on any atom is -0.336 e. The van der Waals surface area contributed by atoms with E-state index in [1.165, 1.54) is 18.4 Å². The number of hydrogen-bond acceptors (Lipinski definition) is 7. The van der Waals surface area contributed by atoms with Gasteiger partial charge in [-0.05, 0) is 62.3 Å². The molecular weight excluding hydrogens is 630 g/mol. The van der Waals surface area contributed by atoms with E-state index in [4.69, 9.17) is 0 Å². The molecule has 2 saturated carbocycles. The number of alkyl halides is 8. The number of nitrogens with one attached hydrogen (secondary N) is 2. The van der Waals surface area contributed by atoms with Crippen LogP contribution in [0.1, 0.15) is 50.2 Å². The fraction of sp³-hybridized carbons (Fsp3) is 0.538. The van der Waals surface area contributed by atoms with Crippen molar-refractivity contribution in [3.8, 4) is 6.07 Å². The summed E-state index contributed by atoms with van der Waals surface area (Å²) >= 11 is 0. The molecule has 0 radical (unpaired) electrons. The molecule has 2 aliphatic carbocycles. The maximum absolute atomic E-state index is 14.2. The molecule has 18 heteroatoms. The molecule has 3 fully saturated rings. The van der Waals surface area contributed by atoms with E-state index in [0.29, 0.717) is 17.0 Å². The third-order valence-electron chi connectivity index (χ3n) is 7.91. The highest BCUT2D eigenvalue weighted by atomic mass is 32.2. The first-order valence-corrected chi connectivity index (χ1v) is 14.7. The summed E-state index contributed by atoms with van der Waals surface area (Å²) in [5.41, 5.74) is -4.78. The van der Waals surface area contributed by atoms with Gasteiger partial charge in [0.2, 0.25) is 11.8 Å².